The van der Waals surface area contributed by atoms with Crippen LogP contribution in [0, 0.1) is 17.8 Å². The summed E-state index contributed by atoms with van der Waals surface area (Å²) in [4.78, 5) is 29.9. The third-order valence-electron chi connectivity index (χ3n) is 6.48. The molecule has 0 saturated heterocycles. The molecule has 2 heterocycles. The maximum atomic E-state index is 12.5. The first kappa shape index (κ1) is 16.6. The fraction of sp³-hybridized carbons (Fsp3) is 0.550. The summed E-state index contributed by atoms with van der Waals surface area (Å²) in [5.74, 6) is 2.48. The Balaban J connectivity index is 1.34. The number of nitrogens with one attached hydrogen (secondary N) is 1. The summed E-state index contributed by atoms with van der Waals surface area (Å²) in [6, 6.07) is 3.43. The highest BCUT2D eigenvalue weighted by molar-refractivity contribution is 7.16. The van der Waals surface area contributed by atoms with E-state index in [-0.39, 0.29) is 17.1 Å². The summed E-state index contributed by atoms with van der Waals surface area (Å²) in [6.07, 6.45) is 8.10. The molecular weight excluding hydrogens is 364 g/mol. The number of nitrogens with zero attached hydrogens (tertiary/aromatic N) is 1. The molecule has 0 radical (unpaired) electrons. The smallest absolute Gasteiger partial charge is 0.267 e. The molecule has 0 unspecified atom stereocenters. The summed E-state index contributed by atoms with van der Waals surface area (Å²) in [7, 11) is 0. The van der Waals surface area contributed by atoms with Crippen molar-refractivity contribution in [1.82, 2.24) is 4.98 Å². The van der Waals surface area contributed by atoms with Gasteiger partial charge in [0.25, 0.3) is 5.91 Å². The molecule has 1 amide bonds. The van der Waals surface area contributed by atoms with E-state index in [1.54, 1.807) is 12.1 Å². The Hall–Kier alpha value is -1.53. The summed E-state index contributed by atoms with van der Waals surface area (Å²) < 4.78 is 0. The second kappa shape index (κ2) is 5.99. The lowest BCUT2D eigenvalue weighted by atomic mass is 9.49. The van der Waals surface area contributed by atoms with Crippen molar-refractivity contribution in [3.05, 3.63) is 33.0 Å². The molecule has 4 aliphatic rings. The Morgan fingerprint density at radius 2 is 1.69 bits per heavy atom. The van der Waals surface area contributed by atoms with Gasteiger partial charge in [0.15, 0.2) is 10.9 Å². The number of thiazole rings is 1. The van der Waals surface area contributed by atoms with Crippen LogP contribution in [0.15, 0.2) is 17.5 Å². The lowest BCUT2D eigenvalue weighted by Crippen LogP contribution is -2.48. The van der Waals surface area contributed by atoms with Crippen LogP contribution in [-0.4, -0.2) is 16.7 Å². The van der Waals surface area contributed by atoms with Crippen LogP contribution in [0.5, 0.6) is 0 Å². The largest absolute Gasteiger partial charge is 0.297 e. The molecule has 4 bridgehead atoms. The monoisotopic (exact) mass is 386 g/mol. The number of amides is 1. The zero-order valence-electron chi connectivity index (χ0n) is 14.8. The first-order valence-electron chi connectivity index (χ1n) is 9.39. The van der Waals surface area contributed by atoms with Gasteiger partial charge in [-0.3, -0.25) is 14.9 Å². The number of carbonyl (C=O) groups excluding carboxylic acids is 2. The van der Waals surface area contributed by atoms with Crippen LogP contribution in [0.1, 0.15) is 70.5 Å². The average molecular weight is 387 g/mol. The second-order valence-corrected chi connectivity index (χ2v) is 10.4. The van der Waals surface area contributed by atoms with Crippen LogP contribution in [0.3, 0.4) is 0 Å². The van der Waals surface area contributed by atoms with E-state index in [0.717, 1.165) is 17.8 Å². The van der Waals surface area contributed by atoms with Crippen LogP contribution < -0.4 is 5.32 Å². The SMILES string of the molecule is CC(=O)c1ccc(C(=O)Nc2nc(C34CC5CC(CC(C5)C3)C4)cs2)s1. The average Bonchev–Trinajstić information content (AvgIpc) is 3.23. The van der Waals surface area contributed by atoms with E-state index in [0.29, 0.717) is 14.9 Å². The maximum absolute atomic E-state index is 12.5. The van der Waals surface area contributed by atoms with Crippen molar-refractivity contribution < 1.29 is 9.59 Å². The number of anilines is 1. The number of Topliss-reactive ketones (excluding diaryl/α,β-unsaturated/α-hetero) is 1. The molecule has 6 rings (SSSR count). The molecule has 4 fully saturated rings. The van der Waals surface area contributed by atoms with Crippen molar-refractivity contribution >= 4 is 39.5 Å². The van der Waals surface area contributed by atoms with Crippen molar-refractivity contribution in [3.8, 4) is 0 Å². The number of rotatable bonds is 4. The summed E-state index contributed by atoms with van der Waals surface area (Å²) >= 11 is 2.77. The Labute approximate surface area is 161 Å². The van der Waals surface area contributed by atoms with Crippen LogP contribution >= 0.6 is 22.7 Å². The number of aromatic nitrogens is 1. The number of carbonyl (C=O) groups is 2. The van der Waals surface area contributed by atoms with Gasteiger partial charge in [-0.05, 0) is 75.3 Å². The van der Waals surface area contributed by atoms with Crippen molar-refractivity contribution in [2.24, 2.45) is 17.8 Å². The van der Waals surface area contributed by atoms with Gasteiger partial charge in [0.2, 0.25) is 0 Å². The van der Waals surface area contributed by atoms with Crippen molar-refractivity contribution in [1.29, 1.82) is 0 Å². The van der Waals surface area contributed by atoms with Gasteiger partial charge in [-0.2, -0.15) is 0 Å². The van der Waals surface area contributed by atoms with Gasteiger partial charge < -0.3 is 0 Å². The van der Waals surface area contributed by atoms with E-state index in [4.69, 9.17) is 4.98 Å². The van der Waals surface area contributed by atoms with Gasteiger partial charge in [-0.25, -0.2) is 4.98 Å². The van der Waals surface area contributed by atoms with Gasteiger partial charge in [0.1, 0.15) is 0 Å². The van der Waals surface area contributed by atoms with Crippen LogP contribution in [0.4, 0.5) is 5.13 Å². The summed E-state index contributed by atoms with van der Waals surface area (Å²) in [5, 5.41) is 5.77. The number of hydrogen-bond donors (Lipinski definition) is 1. The molecular formula is C20H22N2O2S2. The first-order chi connectivity index (χ1) is 12.5. The molecule has 4 aliphatic carbocycles. The van der Waals surface area contributed by atoms with E-state index in [9.17, 15) is 9.59 Å². The zero-order valence-corrected chi connectivity index (χ0v) is 16.4. The molecule has 6 heteroatoms. The van der Waals surface area contributed by atoms with E-state index < -0.39 is 0 Å². The Bertz CT molecular complexity index is 847. The molecule has 4 saturated carbocycles. The maximum Gasteiger partial charge on any atom is 0.267 e. The van der Waals surface area contributed by atoms with Gasteiger partial charge >= 0.3 is 0 Å². The number of thiophene rings is 1. The van der Waals surface area contributed by atoms with Crippen molar-refractivity contribution in [2.75, 3.05) is 5.32 Å². The molecule has 0 aliphatic heterocycles. The van der Waals surface area contributed by atoms with Gasteiger partial charge in [0.05, 0.1) is 15.4 Å². The number of ketones is 1. The van der Waals surface area contributed by atoms with Crippen LogP contribution in [0.25, 0.3) is 0 Å². The van der Waals surface area contributed by atoms with Crippen LogP contribution in [0.2, 0.25) is 0 Å². The van der Waals surface area contributed by atoms with E-state index in [2.05, 4.69) is 10.7 Å². The van der Waals surface area contributed by atoms with Crippen molar-refractivity contribution in [2.45, 2.75) is 50.9 Å². The minimum Gasteiger partial charge on any atom is -0.297 e. The first-order valence-corrected chi connectivity index (χ1v) is 11.1. The quantitative estimate of drug-likeness (QED) is 0.741. The van der Waals surface area contributed by atoms with Crippen molar-refractivity contribution in [3.63, 3.8) is 0 Å². The highest BCUT2D eigenvalue weighted by atomic mass is 32.1. The minimum absolute atomic E-state index is 0.00704. The predicted molar refractivity (Wildman–Crippen MR) is 104 cm³/mol. The van der Waals surface area contributed by atoms with Gasteiger partial charge in [-0.1, -0.05) is 0 Å². The van der Waals surface area contributed by atoms with E-state index in [1.807, 2.05) is 0 Å². The van der Waals surface area contributed by atoms with Gasteiger partial charge in [0, 0.05) is 10.8 Å². The molecule has 2 aromatic rings. The standard InChI is InChI=1S/C20H22N2O2S2/c1-11(23)15-2-3-16(26-15)18(24)22-19-21-17(10-25-19)20-7-12-4-13(8-20)6-14(5-12)9-20/h2-3,10,12-14H,4-9H2,1H3,(H,21,22,24). The molecule has 1 N–H and O–H groups in total. The number of hydrogen-bond acceptors (Lipinski definition) is 5. The Morgan fingerprint density at radius 1 is 1.08 bits per heavy atom. The Kier molecular flexibility index (Phi) is 3.83. The minimum atomic E-state index is -0.172. The fourth-order valence-electron chi connectivity index (χ4n) is 5.81. The van der Waals surface area contributed by atoms with Gasteiger partial charge in [-0.15, -0.1) is 22.7 Å². The molecule has 26 heavy (non-hydrogen) atoms. The topological polar surface area (TPSA) is 59.1 Å². The summed E-state index contributed by atoms with van der Waals surface area (Å²) in [5.41, 5.74) is 1.46. The molecule has 2 aromatic heterocycles. The van der Waals surface area contributed by atoms with E-state index in [1.165, 1.54) is 73.8 Å². The van der Waals surface area contributed by atoms with E-state index >= 15 is 0 Å². The third kappa shape index (κ3) is 2.74. The highest BCUT2D eigenvalue weighted by Gasteiger charge is 2.52. The summed E-state index contributed by atoms with van der Waals surface area (Å²) in [6.45, 7) is 1.52. The lowest BCUT2D eigenvalue weighted by Gasteiger charge is -2.56. The molecule has 0 atom stereocenters. The predicted octanol–water partition coefficient (Wildman–Crippen LogP) is 5.13. The highest BCUT2D eigenvalue weighted by Crippen LogP contribution is 2.60. The Morgan fingerprint density at radius 3 is 2.27 bits per heavy atom. The molecule has 4 nitrogen and oxygen atoms in total. The normalized spacial score (nSPS) is 32.0. The third-order valence-corrected chi connectivity index (χ3v) is 8.43. The fourth-order valence-corrected chi connectivity index (χ4v) is 7.43. The van der Waals surface area contributed by atoms with Crippen LogP contribution in [-0.2, 0) is 5.41 Å². The second-order valence-electron chi connectivity index (χ2n) is 8.41. The molecule has 0 spiro atoms. The lowest BCUT2D eigenvalue weighted by molar-refractivity contribution is -0.00688. The molecule has 136 valence electrons. The zero-order chi connectivity index (χ0) is 17.9. The molecule has 0 aromatic carbocycles.